The predicted molar refractivity (Wildman–Crippen MR) is 111 cm³/mol. The zero-order chi connectivity index (χ0) is 19.2. The van der Waals surface area contributed by atoms with Gasteiger partial charge in [-0.2, -0.15) is 0 Å². The lowest BCUT2D eigenvalue weighted by Gasteiger charge is -2.09. The summed E-state index contributed by atoms with van der Waals surface area (Å²) in [5.74, 6) is 3.06. The number of hydrogen-bond donors (Lipinski definition) is 0. The van der Waals surface area contributed by atoms with E-state index in [1.807, 2.05) is 71.3 Å². The normalized spacial score (nSPS) is 10.9. The molecule has 5 nitrogen and oxygen atoms in total. The summed E-state index contributed by atoms with van der Waals surface area (Å²) in [7, 11) is 0. The highest BCUT2D eigenvalue weighted by atomic mass is 35.5. The van der Waals surface area contributed by atoms with E-state index in [0.717, 1.165) is 28.8 Å². The first-order valence-electron chi connectivity index (χ1n) is 8.87. The first kappa shape index (κ1) is 18.7. The quantitative estimate of drug-likeness (QED) is 0.273. The van der Waals surface area contributed by atoms with E-state index in [9.17, 15) is 0 Å². The summed E-state index contributed by atoms with van der Waals surface area (Å²) in [6.45, 7) is 0.624. The van der Waals surface area contributed by atoms with Crippen LogP contribution in [-0.4, -0.2) is 27.1 Å². The number of thioether (sulfide) groups is 1. The number of para-hydroxylation sites is 1. The van der Waals surface area contributed by atoms with Gasteiger partial charge in [0.1, 0.15) is 5.75 Å². The van der Waals surface area contributed by atoms with E-state index >= 15 is 0 Å². The third kappa shape index (κ3) is 4.40. The Morgan fingerprint density at radius 2 is 1.79 bits per heavy atom. The number of benzene rings is 2. The summed E-state index contributed by atoms with van der Waals surface area (Å²) in [6.07, 6.45) is 2.52. The molecule has 0 aliphatic rings. The van der Waals surface area contributed by atoms with Crippen LogP contribution in [0.2, 0.25) is 5.02 Å². The number of rotatable bonds is 8. The molecule has 0 amide bonds. The van der Waals surface area contributed by atoms with E-state index < -0.39 is 0 Å². The van der Waals surface area contributed by atoms with Gasteiger partial charge >= 0.3 is 0 Å². The van der Waals surface area contributed by atoms with Gasteiger partial charge in [0.2, 0.25) is 5.82 Å². The van der Waals surface area contributed by atoms with Crippen molar-refractivity contribution < 1.29 is 9.15 Å². The van der Waals surface area contributed by atoms with E-state index in [2.05, 4.69) is 10.2 Å². The molecule has 0 spiro atoms. The molecular formula is C21H18ClN3O2S. The molecule has 142 valence electrons. The molecule has 0 unspecified atom stereocenters. The summed E-state index contributed by atoms with van der Waals surface area (Å²) < 4.78 is 13.3. The summed E-state index contributed by atoms with van der Waals surface area (Å²) in [5, 5.41) is 10.2. The summed E-state index contributed by atoms with van der Waals surface area (Å²) >= 11 is 7.53. The zero-order valence-corrected chi connectivity index (χ0v) is 16.6. The number of aromatic nitrogens is 3. The monoisotopic (exact) mass is 411 g/mol. The van der Waals surface area contributed by atoms with E-state index in [4.69, 9.17) is 20.8 Å². The number of ether oxygens (including phenoxy) is 1. The number of furan rings is 1. The van der Waals surface area contributed by atoms with Crippen molar-refractivity contribution in [1.82, 2.24) is 14.8 Å². The van der Waals surface area contributed by atoms with Gasteiger partial charge in [0.25, 0.3) is 0 Å². The van der Waals surface area contributed by atoms with Crippen LogP contribution in [0.1, 0.15) is 6.42 Å². The highest BCUT2D eigenvalue weighted by Crippen LogP contribution is 2.28. The lowest BCUT2D eigenvalue weighted by Crippen LogP contribution is -2.01. The van der Waals surface area contributed by atoms with Crippen LogP contribution < -0.4 is 4.74 Å². The van der Waals surface area contributed by atoms with Gasteiger partial charge in [0.15, 0.2) is 10.9 Å². The van der Waals surface area contributed by atoms with Gasteiger partial charge in [-0.05, 0) is 55.0 Å². The van der Waals surface area contributed by atoms with Crippen molar-refractivity contribution in [1.29, 1.82) is 0 Å². The largest absolute Gasteiger partial charge is 0.494 e. The zero-order valence-electron chi connectivity index (χ0n) is 15.0. The van der Waals surface area contributed by atoms with Gasteiger partial charge in [-0.25, -0.2) is 0 Å². The number of nitrogens with zero attached hydrogens (tertiary/aromatic N) is 3. The first-order chi connectivity index (χ1) is 13.8. The van der Waals surface area contributed by atoms with Gasteiger partial charge in [-0.1, -0.05) is 41.6 Å². The minimum absolute atomic E-state index is 0.624. The van der Waals surface area contributed by atoms with Crippen molar-refractivity contribution in [3.05, 3.63) is 78.0 Å². The summed E-state index contributed by atoms with van der Waals surface area (Å²) in [4.78, 5) is 0. The minimum Gasteiger partial charge on any atom is -0.494 e. The molecule has 0 bridgehead atoms. The fourth-order valence-corrected chi connectivity index (χ4v) is 3.67. The number of halogens is 1. The van der Waals surface area contributed by atoms with Crippen LogP contribution in [0.25, 0.3) is 17.3 Å². The van der Waals surface area contributed by atoms with Crippen molar-refractivity contribution in [3.63, 3.8) is 0 Å². The van der Waals surface area contributed by atoms with Gasteiger partial charge in [-0.3, -0.25) is 4.57 Å². The topological polar surface area (TPSA) is 53.1 Å². The van der Waals surface area contributed by atoms with E-state index in [1.54, 1.807) is 18.0 Å². The summed E-state index contributed by atoms with van der Waals surface area (Å²) in [6, 6.07) is 21.2. The van der Waals surface area contributed by atoms with Crippen molar-refractivity contribution in [2.24, 2.45) is 0 Å². The Balaban J connectivity index is 1.42. The predicted octanol–water partition coefficient (Wildman–Crippen LogP) is 5.74. The first-order valence-corrected chi connectivity index (χ1v) is 10.2. The van der Waals surface area contributed by atoms with Gasteiger partial charge in [-0.15, -0.1) is 10.2 Å². The fraction of sp³-hybridized carbons (Fsp3) is 0.143. The molecule has 4 aromatic rings. The number of hydrogen-bond acceptors (Lipinski definition) is 5. The maximum absolute atomic E-state index is 5.89. The van der Waals surface area contributed by atoms with E-state index in [0.29, 0.717) is 23.2 Å². The van der Waals surface area contributed by atoms with Crippen LogP contribution in [0, 0.1) is 0 Å². The lowest BCUT2D eigenvalue weighted by molar-refractivity contribution is 0.318. The average Bonchev–Trinajstić information content (AvgIpc) is 3.39. The van der Waals surface area contributed by atoms with Gasteiger partial charge in [0, 0.05) is 16.5 Å². The van der Waals surface area contributed by atoms with Crippen molar-refractivity contribution in [2.75, 3.05) is 12.4 Å². The molecule has 0 aliphatic carbocycles. The van der Waals surface area contributed by atoms with Crippen LogP contribution in [0.5, 0.6) is 5.75 Å². The molecule has 0 atom stereocenters. The Bertz CT molecular complexity index is 1000. The fourth-order valence-electron chi connectivity index (χ4n) is 2.68. The van der Waals surface area contributed by atoms with E-state index in [1.165, 1.54) is 0 Å². The third-order valence-corrected chi connectivity index (χ3v) is 5.26. The molecule has 0 N–H and O–H groups in total. The molecular weight excluding hydrogens is 394 g/mol. The van der Waals surface area contributed by atoms with Crippen LogP contribution in [0.15, 0.2) is 82.6 Å². The van der Waals surface area contributed by atoms with Crippen LogP contribution in [0.3, 0.4) is 0 Å². The Hall–Kier alpha value is -2.70. The second-order valence-electron chi connectivity index (χ2n) is 5.96. The molecule has 28 heavy (non-hydrogen) atoms. The molecule has 2 aromatic heterocycles. The SMILES string of the molecule is Clc1ccc(OCCCSc2nnc(-c3ccco3)n2-c2ccccc2)cc1. The molecule has 0 saturated carbocycles. The van der Waals surface area contributed by atoms with Crippen molar-refractivity contribution in [2.45, 2.75) is 11.6 Å². The molecule has 0 radical (unpaired) electrons. The van der Waals surface area contributed by atoms with Crippen molar-refractivity contribution in [3.8, 4) is 23.0 Å². The Labute approximate surface area is 172 Å². The molecule has 0 fully saturated rings. The summed E-state index contributed by atoms with van der Waals surface area (Å²) in [5.41, 5.74) is 0.999. The van der Waals surface area contributed by atoms with E-state index in [-0.39, 0.29) is 0 Å². The molecule has 0 saturated heterocycles. The highest BCUT2D eigenvalue weighted by Gasteiger charge is 2.17. The Kier molecular flexibility index (Phi) is 5.99. The van der Waals surface area contributed by atoms with Crippen LogP contribution in [-0.2, 0) is 0 Å². The third-order valence-electron chi connectivity index (χ3n) is 3.99. The molecule has 2 aromatic carbocycles. The van der Waals surface area contributed by atoms with Gasteiger partial charge < -0.3 is 9.15 Å². The maximum atomic E-state index is 5.89. The van der Waals surface area contributed by atoms with Crippen LogP contribution in [0.4, 0.5) is 0 Å². The average molecular weight is 412 g/mol. The lowest BCUT2D eigenvalue weighted by atomic mass is 10.3. The standard InChI is InChI=1S/C21H18ClN3O2S/c22-16-9-11-18(12-10-16)26-14-5-15-28-21-24-23-20(19-8-4-13-27-19)25(21)17-6-2-1-3-7-17/h1-4,6-13H,5,14-15H2. The van der Waals surface area contributed by atoms with Crippen LogP contribution >= 0.6 is 23.4 Å². The second-order valence-corrected chi connectivity index (χ2v) is 7.46. The molecule has 7 heteroatoms. The molecule has 2 heterocycles. The maximum Gasteiger partial charge on any atom is 0.205 e. The van der Waals surface area contributed by atoms with Gasteiger partial charge in [0.05, 0.1) is 12.9 Å². The molecule has 0 aliphatic heterocycles. The van der Waals surface area contributed by atoms with Crippen molar-refractivity contribution >= 4 is 23.4 Å². The molecule has 4 rings (SSSR count). The Morgan fingerprint density at radius 3 is 2.54 bits per heavy atom. The minimum atomic E-state index is 0.624. The Morgan fingerprint density at radius 1 is 0.964 bits per heavy atom. The smallest absolute Gasteiger partial charge is 0.205 e. The second kappa shape index (κ2) is 8.99. The highest BCUT2D eigenvalue weighted by molar-refractivity contribution is 7.99.